The van der Waals surface area contributed by atoms with Crippen LogP contribution in [0.4, 0.5) is 11.9 Å². The number of likely N-dealkylation sites (tertiary alicyclic amines) is 1. The average Bonchev–Trinajstić information content (AvgIpc) is 2.38. The van der Waals surface area contributed by atoms with E-state index in [1.54, 1.807) is 0 Å². The molecule has 1 aliphatic rings. The normalized spacial score (nSPS) is 17.1. The first kappa shape index (κ1) is 14.4. The molecule has 8 nitrogen and oxygen atoms in total. The van der Waals surface area contributed by atoms with Crippen LogP contribution in [-0.2, 0) is 16.1 Å². The second-order valence-electron chi connectivity index (χ2n) is 4.77. The van der Waals surface area contributed by atoms with Crippen molar-refractivity contribution in [2.75, 3.05) is 31.2 Å². The fraction of sp³-hybridized carbons (Fsp3) is 0.667. The molecular weight excluding hydrogens is 260 g/mol. The zero-order chi connectivity index (χ0) is 14.5. The number of rotatable bonds is 4. The van der Waals surface area contributed by atoms with E-state index in [1.165, 1.54) is 0 Å². The Labute approximate surface area is 117 Å². The van der Waals surface area contributed by atoms with E-state index in [0.29, 0.717) is 19.0 Å². The number of nitrogen functional groups attached to an aromatic ring is 2. The highest BCUT2D eigenvalue weighted by atomic mass is 16.5. The molecule has 4 N–H and O–H groups in total. The van der Waals surface area contributed by atoms with Crippen LogP contribution in [0.3, 0.4) is 0 Å². The van der Waals surface area contributed by atoms with Gasteiger partial charge in [-0.1, -0.05) is 0 Å². The summed E-state index contributed by atoms with van der Waals surface area (Å²) in [6, 6.07) is 0. The highest BCUT2D eigenvalue weighted by Gasteiger charge is 2.26. The number of carbonyl (C=O) groups is 1. The van der Waals surface area contributed by atoms with E-state index in [0.717, 1.165) is 25.9 Å². The fourth-order valence-electron chi connectivity index (χ4n) is 2.31. The number of anilines is 2. The highest BCUT2D eigenvalue weighted by Crippen LogP contribution is 2.19. The van der Waals surface area contributed by atoms with E-state index in [2.05, 4.69) is 19.9 Å². The molecule has 0 saturated carbocycles. The summed E-state index contributed by atoms with van der Waals surface area (Å²) in [5.41, 5.74) is 11.1. The second kappa shape index (κ2) is 6.47. The lowest BCUT2D eigenvalue weighted by molar-refractivity contribution is -0.149. The van der Waals surface area contributed by atoms with Gasteiger partial charge in [-0.15, -0.1) is 0 Å². The molecule has 8 heteroatoms. The highest BCUT2D eigenvalue weighted by molar-refractivity contribution is 5.72. The molecule has 0 spiro atoms. The predicted octanol–water partition coefficient (Wildman–Crippen LogP) is -0.189. The summed E-state index contributed by atoms with van der Waals surface area (Å²) < 4.78 is 5.04. The van der Waals surface area contributed by atoms with E-state index in [9.17, 15) is 4.79 Å². The topological polar surface area (TPSA) is 120 Å². The van der Waals surface area contributed by atoms with Gasteiger partial charge in [0, 0.05) is 0 Å². The molecule has 1 aliphatic heterocycles. The van der Waals surface area contributed by atoms with E-state index in [4.69, 9.17) is 16.2 Å². The minimum Gasteiger partial charge on any atom is -0.466 e. The molecule has 0 radical (unpaired) electrons. The SMILES string of the molecule is CCOC(=O)C1CCN(Cc2nc(N)nc(N)n2)CC1. The summed E-state index contributed by atoms with van der Waals surface area (Å²) in [6.07, 6.45) is 1.57. The monoisotopic (exact) mass is 280 g/mol. The van der Waals surface area contributed by atoms with E-state index >= 15 is 0 Å². The summed E-state index contributed by atoms with van der Waals surface area (Å²) in [5, 5.41) is 0. The van der Waals surface area contributed by atoms with E-state index in [-0.39, 0.29) is 23.8 Å². The maximum Gasteiger partial charge on any atom is 0.309 e. The minimum atomic E-state index is -0.0965. The standard InChI is InChI=1S/C12H20N6O2/c1-2-20-10(19)8-3-5-18(6-4-8)7-9-15-11(13)17-12(14)16-9/h8H,2-7H2,1H3,(H4,13,14,15,16,17). The van der Waals surface area contributed by atoms with Gasteiger partial charge < -0.3 is 16.2 Å². The fourth-order valence-corrected chi connectivity index (χ4v) is 2.31. The van der Waals surface area contributed by atoms with Crippen LogP contribution in [0.25, 0.3) is 0 Å². The summed E-state index contributed by atoms with van der Waals surface area (Å²) in [7, 11) is 0. The van der Waals surface area contributed by atoms with Crippen molar-refractivity contribution >= 4 is 17.9 Å². The average molecular weight is 280 g/mol. The van der Waals surface area contributed by atoms with Crippen molar-refractivity contribution in [1.29, 1.82) is 0 Å². The first-order valence-electron chi connectivity index (χ1n) is 6.73. The molecule has 110 valence electrons. The number of nitrogens with two attached hydrogens (primary N) is 2. The zero-order valence-electron chi connectivity index (χ0n) is 11.6. The summed E-state index contributed by atoms with van der Waals surface area (Å²) >= 11 is 0. The van der Waals surface area contributed by atoms with Gasteiger partial charge in [-0.05, 0) is 32.9 Å². The van der Waals surface area contributed by atoms with Gasteiger partial charge in [0.15, 0.2) is 0 Å². The van der Waals surface area contributed by atoms with Crippen LogP contribution < -0.4 is 11.5 Å². The maximum atomic E-state index is 11.6. The number of ether oxygens (including phenoxy) is 1. The van der Waals surface area contributed by atoms with Crippen LogP contribution in [-0.4, -0.2) is 45.5 Å². The molecule has 2 heterocycles. The number of hydrogen-bond acceptors (Lipinski definition) is 8. The van der Waals surface area contributed by atoms with Crippen LogP contribution >= 0.6 is 0 Å². The van der Waals surface area contributed by atoms with Crippen molar-refractivity contribution in [2.45, 2.75) is 26.3 Å². The van der Waals surface area contributed by atoms with Crippen molar-refractivity contribution in [1.82, 2.24) is 19.9 Å². The summed E-state index contributed by atoms with van der Waals surface area (Å²) in [4.78, 5) is 25.7. The molecule has 0 amide bonds. The van der Waals surface area contributed by atoms with Crippen LogP contribution in [0.5, 0.6) is 0 Å². The second-order valence-corrected chi connectivity index (χ2v) is 4.77. The van der Waals surface area contributed by atoms with Gasteiger partial charge in [0.1, 0.15) is 5.82 Å². The van der Waals surface area contributed by atoms with Crippen molar-refractivity contribution < 1.29 is 9.53 Å². The molecule has 1 saturated heterocycles. The first-order chi connectivity index (χ1) is 9.58. The molecule has 1 aromatic rings. The Morgan fingerprint density at radius 1 is 1.25 bits per heavy atom. The minimum absolute atomic E-state index is 0.000280. The van der Waals surface area contributed by atoms with Gasteiger partial charge in [-0.3, -0.25) is 9.69 Å². The Bertz CT molecular complexity index is 453. The lowest BCUT2D eigenvalue weighted by Gasteiger charge is -2.30. The Balaban J connectivity index is 1.86. The van der Waals surface area contributed by atoms with E-state index in [1.807, 2.05) is 6.92 Å². The molecular formula is C12H20N6O2. The third-order valence-corrected chi connectivity index (χ3v) is 3.29. The molecule has 0 aromatic carbocycles. The van der Waals surface area contributed by atoms with Crippen molar-refractivity contribution in [3.05, 3.63) is 5.82 Å². The number of hydrogen-bond donors (Lipinski definition) is 2. The van der Waals surface area contributed by atoms with Gasteiger partial charge in [0.05, 0.1) is 19.1 Å². The first-order valence-corrected chi connectivity index (χ1v) is 6.73. The third-order valence-electron chi connectivity index (χ3n) is 3.29. The number of aromatic nitrogens is 3. The molecule has 1 aromatic heterocycles. The van der Waals surface area contributed by atoms with Crippen molar-refractivity contribution in [3.63, 3.8) is 0 Å². The van der Waals surface area contributed by atoms with Gasteiger partial charge >= 0.3 is 5.97 Å². The predicted molar refractivity (Wildman–Crippen MR) is 73.3 cm³/mol. The number of carbonyl (C=O) groups excluding carboxylic acids is 1. The van der Waals surface area contributed by atoms with Gasteiger partial charge in [0.2, 0.25) is 11.9 Å². The quantitative estimate of drug-likeness (QED) is 0.728. The number of nitrogens with zero attached hydrogens (tertiary/aromatic N) is 4. The summed E-state index contributed by atoms with van der Waals surface area (Å²) in [6.45, 7) is 4.42. The smallest absolute Gasteiger partial charge is 0.309 e. The number of esters is 1. The number of piperidine rings is 1. The largest absolute Gasteiger partial charge is 0.466 e. The van der Waals surface area contributed by atoms with Gasteiger partial charge in [-0.2, -0.15) is 15.0 Å². The third kappa shape index (κ3) is 3.77. The Morgan fingerprint density at radius 3 is 2.40 bits per heavy atom. The lowest BCUT2D eigenvalue weighted by Crippen LogP contribution is -2.37. The van der Waals surface area contributed by atoms with Gasteiger partial charge in [0.25, 0.3) is 0 Å². The van der Waals surface area contributed by atoms with Crippen LogP contribution in [0, 0.1) is 5.92 Å². The summed E-state index contributed by atoms with van der Waals surface area (Å²) in [5.74, 6) is 0.730. The van der Waals surface area contributed by atoms with Crippen molar-refractivity contribution in [2.24, 2.45) is 5.92 Å². The Hall–Kier alpha value is -1.96. The maximum absolute atomic E-state index is 11.6. The molecule has 0 unspecified atom stereocenters. The molecule has 0 atom stereocenters. The van der Waals surface area contributed by atoms with Crippen LogP contribution in [0.1, 0.15) is 25.6 Å². The zero-order valence-corrected chi connectivity index (χ0v) is 11.6. The van der Waals surface area contributed by atoms with Gasteiger partial charge in [-0.25, -0.2) is 0 Å². The molecule has 2 rings (SSSR count). The molecule has 0 bridgehead atoms. The molecule has 20 heavy (non-hydrogen) atoms. The molecule has 1 fully saturated rings. The Morgan fingerprint density at radius 2 is 1.85 bits per heavy atom. The Kier molecular flexibility index (Phi) is 4.67. The van der Waals surface area contributed by atoms with Crippen molar-refractivity contribution in [3.8, 4) is 0 Å². The van der Waals surface area contributed by atoms with E-state index < -0.39 is 0 Å². The lowest BCUT2D eigenvalue weighted by atomic mass is 9.97. The molecule has 0 aliphatic carbocycles. The van der Waals surface area contributed by atoms with Crippen LogP contribution in [0.15, 0.2) is 0 Å². The van der Waals surface area contributed by atoms with Crippen LogP contribution in [0.2, 0.25) is 0 Å².